The first-order chi connectivity index (χ1) is 9.03. The molecular formula is C12H19BClFO5. The molecule has 114 valence electrons. The van der Waals surface area contributed by atoms with Gasteiger partial charge in [0.15, 0.2) is 11.6 Å². The lowest BCUT2D eigenvalue weighted by Gasteiger charge is -2.39. The smallest absolute Gasteiger partial charge is 0.480 e. The van der Waals surface area contributed by atoms with Gasteiger partial charge >= 0.3 is 7.32 Å². The highest BCUT2D eigenvalue weighted by molar-refractivity contribution is 6.30. The number of hydrogen-bond donors (Lipinski definition) is 4. The highest BCUT2D eigenvalue weighted by atomic mass is 35.5. The van der Waals surface area contributed by atoms with Gasteiger partial charge in [0, 0.05) is 0 Å². The average molecular weight is 309 g/mol. The van der Waals surface area contributed by atoms with Crippen LogP contribution in [0.3, 0.4) is 0 Å². The zero-order valence-electron chi connectivity index (χ0n) is 11.5. The summed E-state index contributed by atoms with van der Waals surface area (Å²) in [5.41, 5.74) is -2.21. The number of rotatable bonds is 4. The summed E-state index contributed by atoms with van der Waals surface area (Å²) in [6.07, 6.45) is 0. The molecular weight excluding hydrogens is 289 g/mol. The second-order valence-electron chi connectivity index (χ2n) is 4.80. The van der Waals surface area contributed by atoms with Crippen LogP contribution in [0.25, 0.3) is 0 Å². The Balaban J connectivity index is 0.000000796. The fourth-order valence-corrected chi connectivity index (χ4v) is 1.47. The van der Waals surface area contributed by atoms with Crippen molar-refractivity contribution in [1.29, 1.82) is 0 Å². The average Bonchev–Trinajstić information content (AvgIpc) is 2.30. The van der Waals surface area contributed by atoms with Crippen molar-refractivity contribution in [3.8, 4) is 5.75 Å². The first kappa shape index (κ1) is 19.1. The maximum atomic E-state index is 13.4. The lowest BCUT2D eigenvalue weighted by molar-refractivity contribution is -0.0897. The predicted molar refractivity (Wildman–Crippen MR) is 74.9 cm³/mol. The van der Waals surface area contributed by atoms with Crippen LogP contribution in [0.5, 0.6) is 5.75 Å². The van der Waals surface area contributed by atoms with Gasteiger partial charge in [-0.3, -0.25) is 0 Å². The van der Waals surface area contributed by atoms with E-state index in [0.29, 0.717) is 0 Å². The van der Waals surface area contributed by atoms with E-state index in [1.54, 1.807) is 32.9 Å². The van der Waals surface area contributed by atoms with Crippen molar-refractivity contribution >= 4 is 18.9 Å². The second-order valence-corrected chi connectivity index (χ2v) is 5.07. The largest absolute Gasteiger partial charge is 0.631 e. The molecule has 1 aromatic carbocycles. The van der Waals surface area contributed by atoms with Gasteiger partial charge in [0.25, 0.3) is 0 Å². The van der Waals surface area contributed by atoms with Crippen molar-refractivity contribution in [2.75, 3.05) is 5.88 Å². The first-order valence-corrected chi connectivity index (χ1v) is 6.33. The van der Waals surface area contributed by atoms with Gasteiger partial charge < -0.3 is 24.9 Å². The van der Waals surface area contributed by atoms with Crippen molar-refractivity contribution in [2.24, 2.45) is 0 Å². The molecule has 8 heteroatoms. The molecule has 0 aliphatic carbocycles. The minimum Gasteiger partial charge on any atom is -0.480 e. The number of hydrogen-bond acceptors (Lipinski definition) is 5. The molecule has 0 heterocycles. The van der Waals surface area contributed by atoms with E-state index in [9.17, 15) is 9.50 Å². The van der Waals surface area contributed by atoms with E-state index in [4.69, 9.17) is 31.4 Å². The van der Waals surface area contributed by atoms with Crippen LogP contribution in [0.15, 0.2) is 24.3 Å². The summed E-state index contributed by atoms with van der Waals surface area (Å²) in [6, 6.07) is 6.04. The lowest BCUT2D eigenvalue weighted by Crippen LogP contribution is -2.53. The summed E-state index contributed by atoms with van der Waals surface area (Å²) in [7, 11) is -2.17. The molecule has 0 spiro atoms. The molecule has 4 N–H and O–H groups in total. The zero-order chi connectivity index (χ0) is 16.0. The maximum absolute atomic E-state index is 13.4. The van der Waals surface area contributed by atoms with E-state index in [1.165, 1.54) is 12.1 Å². The molecule has 0 saturated carbocycles. The van der Waals surface area contributed by atoms with E-state index in [2.05, 4.69) is 0 Å². The molecule has 0 bridgehead atoms. The fourth-order valence-electron chi connectivity index (χ4n) is 1.09. The van der Waals surface area contributed by atoms with Crippen LogP contribution in [-0.4, -0.2) is 44.6 Å². The van der Waals surface area contributed by atoms with Crippen molar-refractivity contribution in [1.82, 2.24) is 0 Å². The maximum Gasteiger partial charge on any atom is 0.631 e. The molecule has 0 radical (unpaired) electrons. The molecule has 0 amide bonds. The Hall–Kier alpha value is -0.855. The molecule has 1 unspecified atom stereocenters. The Kier molecular flexibility index (Phi) is 7.47. The molecule has 0 aliphatic heterocycles. The summed E-state index contributed by atoms with van der Waals surface area (Å²) < 4.78 is 18.9. The number of alkyl halides is 1. The fraction of sp³-hybridized carbons (Fsp3) is 0.500. The van der Waals surface area contributed by atoms with Crippen LogP contribution in [0.2, 0.25) is 0 Å². The topological polar surface area (TPSA) is 90.2 Å². The number of aliphatic hydroxyl groups is 1. The third-order valence-electron chi connectivity index (χ3n) is 2.72. The number of para-hydroxylation sites is 1. The Morgan fingerprint density at radius 3 is 2.00 bits per heavy atom. The normalized spacial score (nSPS) is 13.8. The summed E-state index contributed by atoms with van der Waals surface area (Å²) in [6.45, 7) is 4.80. The summed E-state index contributed by atoms with van der Waals surface area (Å²) in [5.74, 6) is -0.318. The van der Waals surface area contributed by atoms with Crippen molar-refractivity contribution in [3.63, 3.8) is 0 Å². The highest BCUT2D eigenvalue weighted by Crippen LogP contribution is 2.30. The molecule has 0 aliphatic rings. The Morgan fingerprint density at radius 1 is 1.20 bits per heavy atom. The van der Waals surface area contributed by atoms with Gasteiger partial charge in [-0.1, -0.05) is 12.1 Å². The standard InChI is InChI=1S/C12H16ClFO2.BH3O3/c1-11(2,15)12(3,8-13)16-10-7-5-4-6-9(10)14;2-1(3)4/h4-7,15H,8H2,1-3H3;2-4H. The molecule has 0 aromatic heterocycles. The predicted octanol–water partition coefficient (Wildman–Crippen LogP) is 0.921. The first-order valence-electron chi connectivity index (χ1n) is 5.79. The minimum atomic E-state index is -2.17. The van der Waals surface area contributed by atoms with Gasteiger partial charge in [-0.2, -0.15) is 0 Å². The van der Waals surface area contributed by atoms with Crippen LogP contribution >= 0.6 is 11.6 Å². The molecule has 1 atom stereocenters. The van der Waals surface area contributed by atoms with E-state index < -0.39 is 24.3 Å². The highest BCUT2D eigenvalue weighted by Gasteiger charge is 2.41. The number of halogens is 2. The van der Waals surface area contributed by atoms with E-state index in [1.807, 2.05) is 0 Å². The van der Waals surface area contributed by atoms with Crippen LogP contribution in [-0.2, 0) is 0 Å². The molecule has 0 fully saturated rings. The van der Waals surface area contributed by atoms with E-state index in [-0.39, 0.29) is 11.6 Å². The third kappa shape index (κ3) is 6.07. The van der Waals surface area contributed by atoms with Gasteiger partial charge in [0.2, 0.25) is 0 Å². The SMILES string of the molecule is CC(C)(O)C(C)(CCl)Oc1ccccc1F.OB(O)O. The minimum absolute atomic E-state index is 0.0604. The summed E-state index contributed by atoms with van der Waals surface area (Å²) in [4.78, 5) is 0. The Bertz CT molecular complexity index is 410. The van der Waals surface area contributed by atoms with Gasteiger partial charge in [0.05, 0.1) is 11.5 Å². The monoisotopic (exact) mass is 308 g/mol. The zero-order valence-corrected chi connectivity index (χ0v) is 12.3. The summed E-state index contributed by atoms with van der Waals surface area (Å²) in [5, 5.41) is 31.5. The van der Waals surface area contributed by atoms with Crippen LogP contribution in [0, 0.1) is 5.82 Å². The van der Waals surface area contributed by atoms with Crippen LogP contribution < -0.4 is 4.74 Å². The second kappa shape index (κ2) is 7.80. The van der Waals surface area contributed by atoms with Gasteiger partial charge in [-0.25, -0.2) is 4.39 Å². The van der Waals surface area contributed by atoms with Crippen molar-refractivity contribution < 1.29 is 29.3 Å². The summed E-state index contributed by atoms with van der Waals surface area (Å²) >= 11 is 5.79. The molecule has 5 nitrogen and oxygen atoms in total. The molecule has 20 heavy (non-hydrogen) atoms. The van der Waals surface area contributed by atoms with Gasteiger partial charge in [-0.15, -0.1) is 11.6 Å². The van der Waals surface area contributed by atoms with E-state index >= 15 is 0 Å². The van der Waals surface area contributed by atoms with Crippen LogP contribution in [0.4, 0.5) is 4.39 Å². The third-order valence-corrected chi connectivity index (χ3v) is 3.23. The lowest BCUT2D eigenvalue weighted by atomic mass is 9.89. The molecule has 1 rings (SSSR count). The molecule has 0 saturated heterocycles. The van der Waals surface area contributed by atoms with Gasteiger partial charge in [-0.05, 0) is 32.9 Å². The quantitative estimate of drug-likeness (QED) is 0.490. The Morgan fingerprint density at radius 2 is 1.65 bits per heavy atom. The van der Waals surface area contributed by atoms with Crippen molar-refractivity contribution in [2.45, 2.75) is 32.0 Å². The van der Waals surface area contributed by atoms with Crippen molar-refractivity contribution in [3.05, 3.63) is 30.1 Å². The molecule has 1 aromatic rings. The number of benzene rings is 1. The van der Waals surface area contributed by atoms with Crippen LogP contribution in [0.1, 0.15) is 20.8 Å². The number of ether oxygens (including phenoxy) is 1. The Labute approximate surface area is 122 Å². The van der Waals surface area contributed by atoms with E-state index in [0.717, 1.165) is 0 Å². The van der Waals surface area contributed by atoms with Gasteiger partial charge in [0.1, 0.15) is 5.60 Å².